The first-order chi connectivity index (χ1) is 5.91. The first kappa shape index (κ1) is 15.8. The average Bonchev–Trinajstić information content (AvgIpc) is 2.12. The van der Waals surface area contributed by atoms with E-state index in [9.17, 15) is 4.79 Å². The molecule has 0 spiro atoms. The van der Waals surface area contributed by atoms with Gasteiger partial charge in [0, 0.05) is 8.41 Å². The van der Waals surface area contributed by atoms with Gasteiger partial charge in [0.2, 0.25) is 0 Å². The van der Waals surface area contributed by atoms with E-state index in [-0.39, 0.29) is 8.41 Å². The van der Waals surface area contributed by atoms with Gasteiger partial charge in [0.15, 0.2) is 6.10 Å². The van der Waals surface area contributed by atoms with Crippen LogP contribution in [0.2, 0.25) is 0 Å². The minimum atomic E-state index is -2.20. The van der Waals surface area contributed by atoms with Gasteiger partial charge in [-0.1, -0.05) is 0 Å². The minimum absolute atomic E-state index is 0. The summed E-state index contributed by atoms with van der Waals surface area (Å²) in [4.78, 5) is 10.1. The van der Waals surface area contributed by atoms with Crippen molar-refractivity contribution in [3.63, 3.8) is 0 Å². The summed E-state index contributed by atoms with van der Waals surface area (Å²) in [5.74, 6) is -1.73. The molecule has 0 aromatic carbocycles. The third-order valence-corrected chi connectivity index (χ3v) is 1.51. The van der Waals surface area contributed by atoms with E-state index >= 15 is 0 Å². The summed E-state index contributed by atoms with van der Waals surface area (Å²) in [7, 11) is 0. The summed E-state index contributed by atoms with van der Waals surface area (Å²) in [6.07, 6.45) is -7.84. The Labute approximate surface area is 81.8 Å². The topological polar surface area (TPSA) is 138 Å². The summed E-state index contributed by atoms with van der Waals surface area (Å²) in [6.45, 7) is -0.843. The first-order valence-corrected chi connectivity index (χ1v) is 3.47. The molecule has 0 aliphatic rings. The molecule has 0 fully saturated rings. The van der Waals surface area contributed by atoms with Gasteiger partial charge in [-0.25, -0.2) is 4.79 Å². The normalized spacial score (nSPS) is 18.9. The molecule has 0 saturated heterocycles. The number of carboxylic acids is 1. The summed E-state index contributed by atoms with van der Waals surface area (Å²) < 4.78 is 0. The van der Waals surface area contributed by atoms with Crippen LogP contribution in [-0.4, -0.2) is 76.0 Å². The second-order valence-electron chi connectivity index (χ2n) is 2.51. The Hall–Kier alpha value is -0.665. The number of hydrogen-bond acceptors (Lipinski definition) is 6. The second kappa shape index (κ2) is 6.74. The Kier molecular flexibility index (Phi) is 7.60. The fraction of sp³-hybridized carbons (Fsp3) is 0.833. The predicted octanol–water partition coefficient (Wildman–Crippen LogP) is -3.87. The van der Waals surface area contributed by atoms with Crippen molar-refractivity contribution in [2.24, 2.45) is 0 Å². The van der Waals surface area contributed by atoms with Crippen LogP contribution in [0, 0.1) is 0 Å². The molecule has 0 saturated carbocycles. The summed E-state index contributed by atoms with van der Waals surface area (Å²) in [6, 6.07) is 0. The molecule has 6 N–H and O–H groups in total. The molecule has 0 bridgehead atoms. The Morgan fingerprint density at radius 2 is 1.50 bits per heavy atom. The van der Waals surface area contributed by atoms with Crippen LogP contribution < -0.4 is 0 Å². The highest BCUT2D eigenvalue weighted by atomic mass is 16.4. The van der Waals surface area contributed by atoms with Crippen molar-refractivity contribution < 1.29 is 35.4 Å². The molecule has 3 radical (unpaired) electrons. The molecule has 0 aromatic heterocycles. The lowest BCUT2D eigenvalue weighted by molar-refractivity contribution is -0.164. The van der Waals surface area contributed by atoms with Crippen LogP contribution in [0.4, 0.5) is 0 Å². The maximum absolute atomic E-state index is 10.1. The quantitative estimate of drug-likeness (QED) is 0.253. The summed E-state index contributed by atoms with van der Waals surface area (Å²) >= 11 is 0. The number of carboxylic acid groups (broad SMARTS) is 1. The Bertz CT molecular complexity index is 176. The van der Waals surface area contributed by atoms with Crippen molar-refractivity contribution in [2.75, 3.05) is 6.61 Å². The van der Waals surface area contributed by atoms with Crippen LogP contribution in [0.3, 0.4) is 0 Å². The predicted molar refractivity (Wildman–Crippen MR) is 44.5 cm³/mol. The molecule has 0 amide bonds. The van der Waals surface area contributed by atoms with Crippen molar-refractivity contribution in [3.05, 3.63) is 0 Å². The molecular formula is C6H12BO7. The molecule has 0 heterocycles. The van der Waals surface area contributed by atoms with Crippen molar-refractivity contribution in [3.8, 4) is 0 Å². The largest absolute Gasteiger partial charge is 0.479 e. The highest BCUT2D eigenvalue weighted by molar-refractivity contribution is 5.75. The second-order valence-corrected chi connectivity index (χ2v) is 2.51. The van der Waals surface area contributed by atoms with Gasteiger partial charge in [-0.05, 0) is 0 Å². The Balaban J connectivity index is 0. The summed E-state index contributed by atoms with van der Waals surface area (Å²) in [5, 5.41) is 51.8. The minimum Gasteiger partial charge on any atom is -0.479 e. The van der Waals surface area contributed by atoms with Gasteiger partial charge in [0.1, 0.15) is 18.3 Å². The van der Waals surface area contributed by atoms with E-state index in [1.165, 1.54) is 0 Å². The summed E-state index contributed by atoms with van der Waals surface area (Å²) in [5.41, 5.74) is 0. The zero-order chi connectivity index (χ0) is 10.6. The van der Waals surface area contributed by atoms with Crippen LogP contribution >= 0.6 is 0 Å². The highest BCUT2D eigenvalue weighted by Gasteiger charge is 2.33. The lowest BCUT2D eigenvalue weighted by Gasteiger charge is -2.23. The molecule has 14 heavy (non-hydrogen) atoms. The third kappa shape index (κ3) is 4.03. The molecule has 0 aliphatic heterocycles. The zero-order valence-electron chi connectivity index (χ0n) is 7.19. The van der Waals surface area contributed by atoms with Crippen LogP contribution in [0.25, 0.3) is 0 Å². The Morgan fingerprint density at radius 1 is 1.07 bits per heavy atom. The van der Waals surface area contributed by atoms with Gasteiger partial charge in [0.05, 0.1) is 6.61 Å². The molecule has 8 heteroatoms. The number of hydrogen-bond donors (Lipinski definition) is 6. The van der Waals surface area contributed by atoms with Crippen molar-refractivity contribution in [2.45, 2.75) is 24.4 Å². The average molecular weight is 207 g/mol. The van der Waals surface area contributed by atoms with E-state index in [0.29, 0.717) is 0 Å². The van der Waals surface area contributed by atoms with E-state index in [0.717, 1.165) is 0 Å². The smallest absolute Gasteiger partial charge is 0.335 e. The van der Waals surface area contributed by atoms with Crippen LogP contribution in [0.5, 0.6) is 0 Å². The molecule has 7 nitrogen and oxygen atoms in total. The SMILES string of the molecule is O=C(O)[C@H](O)[C@@H](O)[C@H](O)[C@H](O)CO.[B]. The van der Waals surface area contributed by atoms with E-state index < -0.39 is 37.0 Å². The van der Waals surface area contributed by atoms with Crippen molar-refractivity contribution in [1.29, 1.82) is 0 Å². The molecular weight excluding hydrogens is 195 g/mol. The maximum atomic E-state index is 10.1. The first-order valence-electron chi connectivity index (χ1n) is 3.47. The number of aliphatic hydroxyl groups is 5. The standard InChI is InChI=1S/C6H12O7.B/c7-1-2(8)3(9)4(10)5(11)6(12)13;/h2-5,7-11H,1H2,(H,12,13);/t2-,3-,4+,5-;/m1./s1. The van der Waals surface area contributed by atoms with Gasteiger partial charge in [-0.2, -0.15) is 0 Å². The molecule has 0 unspecified atom stereocenters. The van der Waals surface area contributed by atoms with Gasteiger partial charge < -0.3 is 30.6 Å². The van der Waals surface area contributed by atoms with E-state index in [1.54, 1.807) is 0 Å². The molecule has 0 rings (SSSR count). The number of aliphatic carboxylic acids is 1. The van der Waals surface area contributed by atoms with Gasteiger partial charge in [-0.15, -0.1) is 0 Å². The maximum Gasteiger partial charge on any atom is 0.335 e. The lowest BCUT2D eigenvalue weighted by Crippen LogP contribution is -2.48. The number of carbonyl (C=O) groups is 1. The van der Waals surface area contributed by atoms with Crippen LogP contribution in [0.15, 0.2) is 0 Å². The molecule has 0 aliphatic carbocycles. The van der Waals surface area contributed by atoms with E-state index in [4.69, 9.17) is 30.6 Å². The molecule has 4 atom stereocenters. The van der Waals surface area contributed by atoms with Gasteiger partial charge in [-0.3, -0.25) is 0 Å². The van der Waals surface area contributed by atoms with Gasteiger partial charge >= 0.3 is 5.97 Å². The Morgan fingerprint density at radius 3 is 1.79 bits per heavy atom. The van der Waals surface area contributed by atoms with E-state index in [2.05, 4.69) is 0 Å². The molecule has 0 aromatic rings. The lowest BCUT2D eigenvalue weighted by atomic mass is 10.0. The van der Waals surface area contributed by atoms with Gasteiger partial charge in [0.25, 0.3) is 0 Å². The van der Waals surface area contributed by atoms with E-state index in [1.807, 2.05) is 0 Å². The highest BCUT2D eigenvalue weighted by Crippen LogP contribution is 2.04. The fourth-order valence-electron chi connectivity index (χ4n) is 0.668. The van der Waals surface area contributed by atoms with Crippen molar-refractivity contribution in [1.82, 2.24) is 0 Å². The van der Waals surface area contributed by atoms with Crippen LogP contribution in [-0.2, 0) is 4.79 Å². The monoisotopic (exact) mass is 207 g/mol. The third-order valence-electron chi connectivity index (χ3n) is 1.51. The fourth-order valence-corrected chi connectivity index (χ4v) is 0.668. The number of rotatable bonds is 5. The molecule has 81 valence electrons. The van der Waals surface area contributed by atoms with Crippen LogP contribution in [0.1, 0.15) is 0 Å². The number of aliphatic hydroxyl groups excluding tert-OH is 5. The zero-order valence-corrected chi connectivity index (χ0v) is 7.19. The van der Waals surface area contributed by atoms with Crippen molar-refractivity contribution >= 4 is 14.4 Å².